The second-order valence-electron chi connectivity index (χ2n) is 8.69. The van der Waals surface area contributed by atoms with Crippen molar-refractivity contribution < 1.29 is 32.6 Å². The Morgan fingerprint density at radius 2 is 2.06 bits per heavy atom. The van der Waals surface area contributed by atoms with Crippen LogP contribution >= 0.6 is 0 Å². The summed E-state index contributed by atoms with van der Waals surface area (Å²) in [6.45, 7) is 1.95. The maximum absolute atomic E-state index is 13.9. The first-order valence-corrected chi connectivity index (χ1v) is 12.1. The van der Waals surface area contributed by atoms with Gasteiger partial charge in [0.05, 0.1) is 23.3 Å². The molecular weight excluding hydrogens is 451 g/mol. The number of aliphatic hydroxyl groups is 1. The average Bonchev–Trinajstić information content (AvgIpc) is 3.51. The van der Waals surface area contributed by atoms with Crippen molar-refractivity contribution in [3.63, 3.8) is 0 Å². The Bertz CT molecular complexity index is 1260. The number of carboxylic acids is 1. The minimum absolute atomic E-state index is 0.103. The predicted molar refractivity (Wildman–Crippen MR) is 118 cm³/mol. The molecule has 10 heteroatoms. The van der Waals surface area contributed by atoms with E-state index in [0.29, 0.717) is 32.2 Å². The fourth-order valence-electron chi connectivity index (χ4n) is 4.46. The smallest absolute Gasteiger partial charge is 0.341 e. The molecule has 2 heterocycles. The molecule has 3 N–H and O–H groups in total. The van der Waals surface area contributed by atoms with Crippen molar-refractivity contribution in [2.75, 3.05) is 31.0 Å². The Kier molecular flexibility index (Phi) is 5.38. The van der Waals surface area contributed by atoms with Crippen LogP contribution in [-0.2, 0) is 10.0 Å². The maximum atomic E-state index is 13.9. The zero-order valence-electron chi connectivity index (χ0n) is 17.6. The highest BCUT2D eigenvalue weighted by atomic mass is 32.2. The van der Waals surface area contributed by atoms with Gasteiger partial charge in [0.2, 0.25) is 0 Å². The van der Waals surface area contributed by atoms with Crippen LogP contribution in [0.15, 0.2) is 41.3 Å². The van der Waals surface area contributed by atoms with Gasteiger partial charge in [-0.15, -0.1) is 0 Å². The first-order chi connectivity index (χ1) is 15.7. The van der Waals surface area contributed by atoms with E-state index in [4.69, 9.17) is 4.74 Å². The molecule has 0 radical (unpaired) electrons. The summed E-state index contributed by atoms with van der Waals surface area (Å²) in [7, 11) is -4.24. The number of nitrogens with one attached hydrogen (secondary N) is 1. The monoisotopic (exact) mass is 474 g/mol. The lowest BCUT2D eigenvalue weighted by molar-refractivity contribution is 0.00991. The van der Waals surface area contributed by atoms with Gasteiger partial charge < -0.3 is 14.9 Å². The van der Waals surface area contributed by atoms with Crippen LogP contribution in [-0.4, -0.2) is 61.8 Å². The molecule has 1 saturated carbocycles. The van der Waals surface area contributed by atoms with Gasteiger partial charge >= 0.3 is 5.97 Å². The van der Waals surface area contributed by atoms with Gasteiger partial charge in [0.15, 0.2) is 0 Å². The van der Waals surface area contributed by atoms with E-state index in [1.54, 1.807) is 12.1 Å². The van der Waals surface area contributed by atoms with E-state index < -0.39 is 21.8 Å². The van der Waals surface area contributed by atoms with E-state index in [0.717, 1.165) is 30.2 Å². The summed E-state index contributed by atoms with van der Waals surface area (Å²) in [6, 6.07) is 6.44. The van der Waals surface area contributed by atoms with Gasteiger partial charge in [0.25, 0.3) is 10.0 Å². The predicted octanol–water partition coefficient (Wildman–Crippen LogP) is 2.51. The summed E-state index contributed by atoms with van der Waals surface area (Å²) in [6.07, 6.45) is 3.77. The number of fused-ring (bicyclic) bond motifs is 3. The molecule has 174 valence electrons. The van der Waals surface area contributed by atoms with E-state index >= 15 is 0 Å². The quantitative estimate of drug-likeness (QED) is 0.565. The van der Waals surface area contributed by atoms with E-state index in [9.17, 15) is 27.8 Å². The highest BCUT2D eigenvalue weighted by Gasteiger charge is 2.45. The van der Waals surface area contributed by atoms with Gasteiger partial charge in [-0.1, -0.05) is 18.2 Å². The molecular formula is C23H23FN2O6S. The van der Waals surface area contributed by atoms with Gasteiger partial charge in [-0.25, -0.2) is 17.6 Å². The Hall–Kier alpha value is -2.95. The Balaban J connectivity index is 1.45. The minimum Gasteiger partial charge on any atom is -0.492 e. The van der Waals surface area contributed by atoms with Crippen LogP contribution in [0, 0.1) is 11.7 Å². The number of aliphatic hydroxyl groups excluding tert-OH is 1. The van der Waals surface area contributed by atoms with Crippen molar-refractivity contribution in [1.29, 1.82) is 0 Å². The number of carboxylic acid groups (broad SMARTS) is 1. The van der Waals surface area contributed by atoms with Gasteiger partial charge in [0, 0.05) is 25.6 Å². The first-order valence-electron chi connectivity index (χ1n) is 10.7. The number of likely N-dealkylation sites (tertiary alicyclic amines) is 1. The lowest BCUT2D eigenvalue weighted by atomic mass is 10.0. The van der Waals surface area contributed by atoms with Crippen LogP contribution in [0.5, 0.6) is 5.75 Å². The number of sulfonamides is 1. The summed E-state index contributed by atoms with van der Waals surface area (Å²) in [5.74, 6) is -1.05. The molecule has 1 aliphatic carbocycles. The standard InChI is InChI=1S/C23H23FN2O6S/c24-15-3-6-20(13(8-15)2-1-7-26-10-16(27)11-26)33(30,31)25-19-5-4-17-18-9-14(18)12-32-22(17)21(19)23(28)29/h1-6,8,14,16,18,25,27H,7,9-12H2,(H,28,29)/b2-1-/t14-,18-/m0/s1. The second kappa shape index (κ2) is 8.12. The molecule has 2 aromatic rings. The first kappa shape index (κ1) is 21.9. The summed E-state index contributed by atoms with van der Waals surface area (Å²) in [5, 5.41) is 19.2. The number of benzene rings is 2. The molecule has 2 aromatic carbocycles. The molecule has 33 heavy (non-hydrogen) atoms. The molecule has 2 aliphatic heterocycles. The van der Waals surface area contributed by atoms with Gasteiger partial charge in [0.1, 0.15) is 17.1 Å². The molecule has 5 rings (SSSR count). The van der Waals surface area contributed by atoms with Crippen LogP contribution in [0.4, 0.5) is 10.1 Å². The molecule has 0 spiro atoms. The lowest BCUT2D eigenvalue weighted by Crippen LogP contribution is -2.50. The number of halogens is 1. The number of β-amino-alcohol motifs (C(OH)–C–C–N with tert-alkyl or cyclic N) is 1. The number of hydrogen-bond acceptors (Lipinski definition) is 6. The molecule has 0 aromatic heterocycles. The molecule has 1 saturated heterocycles. The van der Waals surface area contributed by atoms with Gasteiger partial charge in [-0.05, 0) is 47.7 Å². The second-order valence-corrected chi connectivity index (χ2v) is 10.3. The Morgan fingerprint density at radius 3 is 2.79 bits per heavy atom. The van der Waals surface area contributed by atoms with Gasteiger partial charge in [-0.2, -0.15) is 0 Å². The number of rotatable bonds is 7. The van der Waals surface area contributed by atoms with E-state index in [2.05, 4.69) is 4.72 Å². The molecule has 3 aliphatic rings. The fraction of sp³-hybridized carbons (Fsp3) is 0.348. The molecule has 0 amide bonds. The highest BCUT2D eigenvalue weighted by molar-refractivity contribution is 7.92. The van der Waals surface area contributed by atoms with Crippen molar-refractivity contribution in [3.05, 3.63) is 58.9 Å². The Labute approximate surface area is 190 Å². The van der Waals surface area contributed by atoms with Crippen LogP contribution < -0.4 is 9.46 Å². The fourth-order valence-corrected chi connectivity index (χ4v) is 5.72. The van der Waals surface area contributed by atoms with Crippen molar-refractivity contribution >= 4 is 27.8 Å². The topological polar surface area (TPSA) is 116 Å². The number of carbonyl (C=O) groups is 1. The van der Waals surface area contributed by atoms with E-state index in [1.165, 1.54) is 12.1 Å². The van der Waals surface area contributed by atoms with Crippen LogP contribution in [0.2, 0.25) is 0 Å². The lowest BCUT2D eigenvalue weighted by Gasteiger charge is -2.34. The van der Waals surface area contributed by atoms with Crippen LogP contribution in [0.25, 0.3) is 6.08 Å². The number of aromatic carboxylic acids is 1. The average molecular weight is 475 g/mol. The van der Waals surface area contributed by atoms with E-state index in [1.807, 2.05) is 4.90 Å². The van der Waals surface area contributed by atoms with Crippen molar-refractivity contribution in [1.82, 2.24) is 4.90 Å². The van der Waals surface area contributed by atoms with E-state index in [-0.39, 0.29) is 39.5 Å². The molecule has 8 nitrogen and oxygen atoms in total. The minimum atomic E-state index is -4.24. The highest BCUT2D eigenvalue weighted by Crippen LogP contribution is 2.55. The normalized spacial score (nSPS) is 22.2. The zero-order chi connectivity index (χ0) is 23.3. The molecule has 2 atom stereocenters. The SMILES string of the molecule is O=C(O)c1c(NS(=O)(=O)c2ccc(F)cc2/C=C\CN2CC(O)C2)ccc2c1OC[C@@H]1C[C@H]21. The third-order valence-corrected chi connectivity index (χ3v) is 7.71. The third kappa shape index (κ3) is 4.21. The molecule has 0 unspecified atom stereocenters. The summed E-state index contributed by atoms with van der Waals surface area (Å²) >= 11 is 0. The number of ether oxygens (including phenoxy) is 1. The molecule has 2 fully saturated rings. The Morgan fingerprint density at radius 1 is 1.27 bits per heavy atom. The van der Waals surface area contributed by atoms with Crippen molar-refractivity contribution in [2.45, 2.75) is 23.3 Å². The zero-order valence-corrected chi connectivity index (χ0v) is 18.4. The third-order valence-electron chi connectivity index (χ3n) is 6.27. The number of nitrogens with zero attached hydrogens (tertiary/aromatic N) is 1. The van der Waals surface area contributed by atoms with Crippen molar-refractivity contribution in [2.24, 2.45) is 5.92 Å². The number of hydrogen-bond donors (Lipinski definition) is 3. The summed E-state index contributed by atoms with van der Waals surface area (Å²) < 4.78 is 48.3. The number of anilines is 1. The van der Waals surface area contributed by atoms with Crippen molar-refractivity contribution in [3.8, 4) is 5.75 Å². The van der Waals surface area contributed by atoms with Gasteiger partial charge in [-0.3, -0.25) is 9.62 Å². The maximum Gasteiger partial charge on any atom is 0.341 e. The van der Waals surface area contributed by atoms with Crippen LogP contribution in [0.1, 0.15) is 33.8 Å². The largest absolute Gasteiger partial charge is 0.492 e. The molecule has 0 bridgehead atoms. The summed E-state index contributed by atoms with van der Waals surface area (Å²) in [5.41, 5.74) is 0.592. The summed E-state index contributed by atoms with van der Waals surface area (Å²) in [4.78, 5) is 13.8. The van der Waals surface area contributed by atoms with Crippen LogP contribution in [0.3, 0.4) is 0 Å².